The van der Waals surface area contributed by atoms with Gasteiger partial charge >= 0.3 is 12.1 Å². The van der Waals surface area contributed by atoms with Crippen LogP contribution in [0.25, 0.3) is 0 Å². The molecule has 47 heavy (non-hydrogen) atoms. The van der Waals surface area contributed by atoms with Gasteiger partial charge in [-0.05, 0) is 49.7 Å². The molecule has 5 rings (SSSR count). The van der Waals surface area contributed by atoms with E-state index in [1.165, 1.54) is 16.9 Å². The van der Waals surface area contributed by atoms with Crippen molar-refractivity contribution in [3.63, 3.8) is 0 Å². The molecule has 2 saturated heterocycles. The first-order chi connectivity index (χ1) is 22.4. The zero-order chi connectivity index (χ0) is 33.9. The summed E-state index contributed by atoms with van der Waals surface area (Å²) in [7, 11) is -2.23. The van der Waals surface area contributed by atoms with Crippen molar-refractivity contribution in [3.8, 4) is 0 Å². The summed E-state index contributed by atoms with van der Waals surface area (Å²) in [4.78, 5) is 57.3. The average molecular weight is 670 g/mol. The minimum absolute atomic E-state index is 0.0959. The smallest absolute Gasteiger partial charge is 0.414 e. The molecule has 0 aromatic heterocycles. The Morgan fingerprint density at radius 1 is 1.15 bits per heavy atom. The highest BCUT2D eigenvalue weighted by Crippen LogP contribution is 2.60. The van der Waals surface area contributed by atoms with E-state index in [1.54, 1.807) is 36.2 Å². The summed E-state index contributed by atoms with van der Waals surface area (Å²) in [6.45, 7) is 5.96. The fraction of sp³-hybridized carbons (Fsp3) is 0.529. The number of unbranched alkanes of at least 4 members (excludes halogenated alkanes) is 1. The maximum absolute atomic E-state index is 16.4. The minimum atomic E-state index is -3.56. The first-order valence-electron chi connectivity index (χ1n) is 16.2. The summed E-state index contributed by atoms with van der Waals surface area (Å²) in [6.07, 6.45) is -0.346. The lowest BCUT2D eigenvalue weighted by Gasteiger charge is -2.31. The van der Waals surface area contributed by atoms with Crippen LogP contribution in [0.4, 0.5) is 20.3 Å². The van der Waals surface area contributed by atoms with Gasteiger partial charge in [0.1, 0.15) is 6.61 Å². The molecule has 0 saturated carbocycles. The Labute approximate surface area is 275 Å². The second-order valence-corrected chi connectivity index (χ2v) is 16.8. The van der Waals surface area contributed by atoms with Crippen LogP contribution < -0.4 is 9.80 Å². The van der Waals surface area contributed by atoms with Gasteiger partial charge in [-0.15, -0.1) is 0 Å². The van der Waals surface area contributed by atoms with Gasteiger partial charge < -0.3 is 33.2 Å². The molecular formula is C34H44FN3O8Si. The molecule has 1 N–H and O–H groups in total. The van der Waals surface area contributed by atoms with Crippen molar-refractivity contribution in [2.75, 3.05) is 49.8 Å². The van der Waals surface area contributed by atoms with Gasteiger partial charge in [0.25, 0.3) is 5.91 Å². The summed E-state index contributed by atoms with van der Waals surface area (Å²) < 4.78 is 33.1. The Morgan fingerprint density at radius 3 is 2.53 bits per heavy atom. The molecule has 3 aliphatic heterocycles. The highest BCUT2D eigenvalue weighted by Gasteiger charge is 2.67. The Balaban J connectivity index is 1.50. The number of fused-ring (bicyclic) bond motifs is 2. The molecule has 254 valence electrons. The van der Waals surface area contributed by atoms with Crippen LogP contribution in [0.3, 0.4) is 0 Å². The van der Waals surface area contributed by atoms with E-state index in [1.807, 2.05) is 37.3 Å². The first-order valence-corrected chi connectivity index (χ1v) is 19.1. The third-order valence-electron chi connectivity index (χ3n) is 9.57. The average Bonchev–Trinajstić information content (AvgIpc) is 3.67. The van der Waals surface area contributed by atoms with E-state index >= 15 is 4.11 Å². The molecule has 2 fully saturated rings. The van der Waals surface area contributed by atoms with E-state index in [2.05, 4.69) is 0 Å². The highest BCUT2D eigenvalue weighted by molar-refractivity contribution is 6.72. The normalized spacial score (nSPS) is 23.7. The summed E-state index contributed by atoms with van der Waals surface area (Å²) >= 11 is 0. The molecule has 0 radical (unpaired) electrons. The molecule has 0 unspecified atom stereocenters. The number of cyclic esters (lactones) is 1. The first kappa shape index (κ1) is 34.5. The van der Waals surface area contributed by atoms with Crippen LogP contribution in [0, 0.1) is 5.92 Å². The van der Waals surface area contributed by atoms with Crippen molar-refractivity contribution in [3.05, 3.63) is 59.7 Å². The number of carbonyl (C=O) groups is 4. The number of esters is 1. The minimum Gasteiger partial charge on any atom is -0.469 e. The van der Waals surface area contributed by atoms with E-state index in [0.29, 0.717) is 36.3 Å². The summed E-state index contributed by atoms with van der Waals surface area (Å²) in [5.41, 5.74) is 0.229. The Bertz CT molecular complexity index is 1490. The van der Waals surface area contributed by atoms with Crippen LogP contribution in [0.1, 0.15) is 43.7 Å². The number of ether oxygens (including phenoxy) is 3. The highest BCUT2D eigenvalue weighted by atomic mass is 28.4. The number of carbonyl (C=O) groups excluding carboxylic acids is 4. The summed E-state index contributed by atoms with van der Waals surface area (Å²) in [6, 6.07) is 14.7. The molecular weight excluding hydrogens is 625 g/mol. The zero-order valence-electron chi connectivity index (χ0n) is 27.4. The number of hydrogen-bond acceptors (Lipinski definition) is 8. The number of nitrogens with zero attached hydrogens (tertiary/aromatic N) is 3. The van der Waals surface area contributed by atoms with Gasteiger partial charge in [-0.2, -0.15) is 0 Å². The molecule has 2 aromatic rings. The van der Waals surface area contributed by atoms with Gasteiger partial charge in [0, 0.05) is 48.8 Å². The molecule has 11 nitrogen and oxygen atoms in total. The lowest BCUT2D eigenvalue weighted by Crippen LogP contribution is -2.45. The molecule has 4 atom stereocenters. The second-order valence-electron chi connectivity index (χ2n) is 13.0. The van der Waals surface area contributed by atoms with E-state index < -0.39 is 37.7 Å². The number of aliphatic hydroxyl groups excluding tert-OH is 1. The van der Waals surface area contributed by atoms with Crippen LogP contribution in [-0.4, -0.2) is 88.4 Å². The predicted octanol–water partition coefficient (Wildman–Crippen LogP) is 4.52. The summed E-state index contributed by atoms with van der Waals surface area (Å²) in [5, 5.41) is 9.77. The Kier molecular flexibility index (Phi) is 10.4. The third kappa shape index (κ3) is 6.79. The number of hydrogen-bond donors (Lipinski definition) is 1. The Morgan fingerprint density at radius 2 is 1.89 bits per heavy atom. The SMILES string of the molecule is COC(=O)CCCCN1C(=O)[C@@]2(O[C@@H](CC(=O)N(CCO)Cc3ccccc3)[C@H]([Si](C)(C)F)[C@H]2C)c2cc(N3CCOC3=O)ccc21. The maximum atomic E-state index is 16.4. The number of anilines is 2. The van der Waals surface area contributed by atoms with E-state index in [9.17, 15) is 24.3 Å². The molecule has 3 amide bonds. The number of rotatable bonds is 13. The fourth-order valence-electron chi connectivity index (χ4n) is 7.41. The van der Waals surface area contributed by atoms with Crippen LogP contribution in [-0.2, 0) is 40.7 Å². The van der Waals surface area contributed by atoms with Crippen molar-refractivity contribution < 1.29 is 42.6 Å². The van der Waals surface area contributed by atoms with Crippen LogP contribution in [0.2, 0.25) is 18.6 Å². The van der Waals surface area contributed by atoms with E-state index in [-0.39, 0.29) is 63.5 Å². The lowest BCUT2D eigenvalue weighted by molar-refractivity contribution is -0.149. The van der Waals surface area contributed by atoms with Gasteiger partial charge in [-0.1, -0.05) is 37.3 Å². The van der Waals surface area contributed by atoms with Crippen molar-refractivity contribution in [1.82, 2.24) is 4.90 Å². The number of methoxy groups -OCH3 is 1. The zero-order valence-corrected chi connectivity index (χ0v) is 28.4. The van der Waals surface area contributed by atoms with Crippen molar-refractivity contribution in [2.24, 2.45) is 5.92 Å². The standard InChI is InChI=1S/C34H44FN3O8Si/c1-23-31(47(3,4)35)28(21-29(40)36(16-18-39)22-24-10-6-5-7-11-24)46-34(23)26-20-25(37-17-19-45-33(37)43)13-14-27(26)38(32(34)42)15-9-8-12-30(41)44-2/h5-7,10-11,13-14,20,23,28,31,39H,8-9,12,15-19,21-22H2,1-4H3/t23-,28+,31-,34+/m1/s1. The molecule has 0 bridgehead atoms. The molecule has 3 aliphatic rings. The van der Waals surface area contributed by atoms with Crippen LogP contribution in [0.15, 0.2) is 48.5 Å². The number of aliphatic hydroxyl groups is 1. The van der Waals surface area contributed by atoms with Crippen molar-refractivity contribution in [1.29, 1.82) is 0 Å². The fourth-order valence-corrected chi connectivity index (χ4v) is 9.91. The maximum Gasteiger partial charge on any atom is 0.414 e. The monoisotopic (exact) mass is 669 g/mol. The van der Waals surface area contributed by atoms with Crippen LogP contribution >= 0.6 is 0 Å². The topological polar surface area (TPSA) is 126 Å². The lowest BCUT2D eigenvalue weighted by atomic mass is 9.82. The number of benzene rings is 2. The second kappa shape index (κ2) is 14.1. The quantitative estimate of drug-likeness (QED) is 0.143. The Hall–Kier alpha value is -3.81. The number of halogens is 1. The van der Waals surface area contributed by atoms with Gasteiger partial charge in [0.05, 0.1) is 38.5 Å². The number of amides is 3. The molecule has 13 heteroatoms. The predicted molar refractivity (Wildman–Crippen MR) is 175 cm³/mol. The van der Waals surface area contributed by atoms with Crippen molar-refractivity contribution >= 4 is 43.7 Å². The van der Waals surface area contributed by atoms with Gasteiger partial charge in [-0.25, -0.2) is 4.79 Å². The van der Waals surface area contributed by atoms with Gasteiger partial charge in [-0.3, -0.25) is 19.3 Å². The molecule has 2 aromatic carbocycles. The van der Waals surface area contributed by atoms with Crippen molar-refractivity contribution in [2.45, 2.75) is 69.5 Å². The molecule has 1 spiro atoms. The summed E-state index contributed by atoms with van der Waals surface area (Å²) in [5.74, 6) is -1.63. The molecule has 0 aliphatic carbocycles. The van der Waals surface area contributed by atoms with E-state index in [0.717, 1.165) is 5.56 Å². The third-order valence-corrected chi connectivity index (χ3v) is 12.0. The van der Waals surface area contributed by atoms with Gasteiger partial charge in [0.2, 0.25) is 14.3 Å². The molecule has 3 heterocycles. The van der Waals surface area contributed by atoms with E-state index in [4.69, 9.17) is 14.2 Å². The largest absolute Gasteiger partial charge is 0.469 e. The van der Waals surface area contributed by atoms with Crippen LogP contribution in [0.5, 0.6) is 0 Å². The van der Waals surface area contributed by atoms with Gasteiger partial charge in [0.15, 0.2) is 5.60 Å².